The zero-order valence-corrected chi connectivity index (χ0v) is 37.7. The van der Waals surface area contributed by atoms with Crippen molar-refractivity contribution in [3.63, 3.8) is 0 Å². The molecular weight excluding hydrogens is 803 g/mol. The topological polar surface area (TPSA) is 192 Å². The van der Waals surface area contributed by atoms with Crippen LogP contribution in [0.5, 0.6) is 11.5 Å². The maximum absolute atomic E-state index is 14.9. The number of ether oxygens (including phenoxy) is 4. The summed E-state index contributed by atoms with van der Waals surface area (Å²) in [6.07, 6.45) is 9.96. The summed E-state index contributed by atoms with van der Waals surface area (Å²) in [5.74, 6) is -1.12. The Morgan fingerprint density at radius 2 is 1.85 bits per heavy atom. The first-order valence-electron chi connectivity index (χ1n) is 22.0. The number of carbonyl (C=O) groups is 4. The summed E-state index contributed by atoms with van der Waals surface area (Å²) in [4.78, 5) is 63.4. The number of amides is 4. The highest BCUT2D eigenvalue weighted by molar-refractivity contribution is 7.91. The third-order valence-corrected chi connectivity index (χ3v) is 14.5. The number of hydrogen-bond acceptors (Lipinski definition) is 11. The van der Waals surface area contributed by atoms with Crippen molar-refractivity contribution in [3.05, 3.63) is 41.6 Å². The van der Waals surface area contributed by atoms with Crippen molar-refractivity contribution >= 4 is 44.7 Å². The Balaban J connectivity index is 1.37. The van der Waals surface area contributed by atoms with Crippen LogP contribution in [0.1, 0.15) is 123 Å². The lowest BCUT2D eigenvalue weighted by Crippen LogP contribution is -2.58. The molecule has 1 spiro atoms. The van der Waals surface area contributed by atoms with Crippen molar-refractivity contribution in [3.8, 4) is 11.5 Å². The number of allylic oxidation sites excluding steroid dienone is 1. The normalized spacial score (nSPS) is 25.7. The molecule has 0 radical (unpaired) electrons. The average molecular weight is 868 g/mol. The molecule has 1 aromatic carbocycles. The van der Waals surface area contributed by atoms with Crippen molar-refractivity contribution in [2.75, 3.05) is 26.9 Å². The zero-order chi connectivity index (χ0) is 44.2. The van der Waals surface area contributed by atoms with Gasteiger partial charge in [0.2, 0.25) is 21.8 Å². The van der Waals surface area contributed by atoms with Gasteiger partial charge in [-0.25, -0.2) is 18.2 Å². The first-order valence-corrected chi connectivity index (χ1v) is 23.5. The van der Waals surface area contributed by atoms with E-state index >= 15 is 0 Å². The second kappa shape index (κ2) is 18.9. The minimum Gasteiger partial charge on any atom is -0.493 e. The molecule has 3 N–H and O–H groups in total. The number of methoxy groups -OCH3 is 1. The van der Waals surface area contributed by atoms with E-state index in [1.807, 2.05) is 44.2 Å². The molecule has 4 heterocycles. The number of benzene rings is 1. The molecule has 0 bridgehead atoms. The van der Waals surface area contributed by atoms with E-state index in [9.17, 15) is 27.6 Å². The van der Waals surface area contributed by atoms with Gasteiger partial charge in [-0.15, -0.1) is 0 Å². The van der Waals surface area contributed by atoms with Crippen LogP contribution in [0.2, 0.25) is 0 Å². The molecule has 4 amide bonds. The van der Waals surface area contributed by atoms with E-state index < -0.39 is 73.8 Å². The molecular formula is C45H65N5O10S. The predicted octanol–water partition coefficient (Wildman–Crippen LogP) is 5.80. The zero-order valence-electron chi connectivity index (χ0n) is 36.9. The Hall–Kier alpha value is -4.44. The van der Waals surface area contributed by atoms with Crippen LogP contribution in [0.4, 0.5) is 4.79 Å². The van der Waals surface area contributed by atoms with Crippen molar-refractivity contribution < 1.29 is 46.5 Å². The Bertz CT molecular complexity index is 2100. The van der Waals surface area contributed by atoms with Gasteiger partial charge in [-0.05, 0) is 104 Å². The molecule has 4 aliphatic rings. The minimum atomic E-state index is -4.02. The molecule has 6 rings (SSSR count). The number of carbonyl (C=O) groups excluding carboxylic acids is 4. The summed E-state index contributed by atoms with van der Waals surface area (Å²) < 4.78 is 51.7. The smallest absolute Gasteiger partial charge is 0.408 e. The molecule has 16 heteroatoms. The maximum atomic E-state index is 14.9. The number of hydrogen-bond donors (Lipinski definition) is 3. The van der Waals surface area contributed by atoms with E-state index in [0.29, 0.717) is 82.5 Å². The summed E-state index contributed by atoms with van der Waals surface area (Å²) in [6, 6.07) is 2.44. The van der Waals surface area contributed by atoms with E-state index in [1.165, 1.54) is 4.90 Å². The molecule has 5 atom stereocenters. The van der Waals surface area contributed by atoms with Crippen molar-refractivity contribution in [1.82, 2.24) is 25.2 Å². The summed E-state index contributed by atoms with van der Waals surface area (Å²) in [5, 5.41) is 6.62. The van der Waals surface area contributed by atoms with Gasteiger partial charge in [0.05, 0.1) is 29.1 Å². The van der Waals surface area contributed by atoms with Crippen LogP contribution in [0.25, 0.3) is 10.9 Å². The summed E-state index contributed by atoms with van der Waals surface area (Å²) >= 11 is 0. The van der Waals surface area contributed by atoms with Crippen LogP contribution in [0.15, 0.2) is 30.4 Å². The maximum Gasteiger partial charge on any atom is 0.408 e. The summed E-state index contributed by atoms with van der Waals surface area (Å²) in [5.41, 5.74) is 0.696. The Kier molecular flexibility index (Phi) is 14.3. The number of fused-ring (bicyclic) bond motifs is 4. The third kappa shape index (κ3) is 10.8. The van der Waals surface area contributed by atoms with E-state index in [0.717, 1.165) is 41.4 Å². The Labute approximate surface area is 360 Å². The number of aryl methyl sites for hydroxylation is 2. The summed E-state index contributed by atoms with van der Waals surface area (Å²) in [7, 11) is -2.37. The van der Waals surface area contributed by atoms with E-state index in [1.54, 1.807) is 34.8 Å². The molecule has 1 saturated heterocycles. The molecule has 15 nitrogen and oxygen atoms in total. The number of nitrogens with zero attached hydrogens (tertiary/aromatic N) is 2. The highest BCUT2D eigenvalue weighted by Crippen LogP contribution is 2.46. The van der Waals surface area contributed by atoms with Gasteiger partial charge in [0.25, 0.3) is 5.91 Å². The standard InChI is InChI=1S/C45H65N5O10S/c1-8-29-16-13-11-10-12-14-17-35(47-42(54)60-43(3,4)5)41(53)50-28-45(27-36(50)39(51)48-37(29)40(52)49-61(55,56)44(6)22-23-44)21-20-31-32-26-30(58-25-15-24-57-7)18-19-34(32)46-33(9-2)38(31)59-45/h13,16,18-19,26,29,35-37H,8-12,14-15,17,20-25,27-28H2,1-7H3,(H,47,54)(H,48,51)(H,49,52). The number of nitrogens with one attached hydrogen (secondary N) is 3. The highest BCUT2D eigenvalue weighted by Gasteiger charge is 2.55. The van der Waals surface area contributed by atoms with Crippen LogP contribution in [0.3, 0.4) is 0 Å². The van der Waals surface area contributed by atoms with Crippen LogP contribution >= 0.6 is 0 Å². The molecule has 1 aliphatic carbocycles. The fraction of sp³-hybridized carbons (Fsp3) is 0.667. The van der Waals surface area contributed by atoms with Gasteiger partial charge >= 0.3 is 6.09 Å². The number of rotatable bonds is 11. The first-order chi connectivity index (χ1) is 28.9. The highest BCUT2D eigenvalue weighted by atomic mass is 32.2. The second-order valence-electron chi connectivity index (χ2n) is 18.3. The molecule has 336 valence electrons. The van der Waals surface area contributed by atoms with Gasteiger partial charge in [0.15, 0.2) is 0 Å². The molecule has 1 saturated carbocycles. The van der Waals surface area contributed by atoms with Gasteiger partial charge in [0, 0.05) is 43.4 Å². The molecule has 2 aromatic rings. The molecule has 3 aliphatic heterocycles. The minimum absolute atomic E-state index is 0.0282. The molecule has 5 unspecified atom stereocenters. The van der Waals surface area contributed by atoms with Crippen LogP contribution in [-0.4, -0.2) is 103 Å². The monoisotopic (exact) mass is 867 g/mol. The average Bonchev–Trinajstić information content (AvgIpc) is 3.87. The van der Waals surface area contributed by atoms with E-state index in [-0.39, 0.29) is 13.0 Å². The van der Waals surface area contributed by atoms with E-state index in [2.05, 4.69) is 15.4 Å². The van der Waals surface area contributed by atoms with Crippen molar-refractivity contribution in [2.45, 2.75) is 159 Å². The second-order valence-corrected chi connectivity index (χ2v) is 20.5. The van der Waals surface area contributed by atoms with Gasteiger partial charge in [-0.3, -0.25) is 19.1 Å². The van der Waals surface area contributed by atoms with Crippen molar-refractivity contribution in [1.29, 1.82) is 0 Å². The SMILES string of the molecule is CCc1nc2ccc(OCCCOC)cc2c2c1OC1(CC2)CC2C(=O)NC(C(=O)NS(=O)(=O)C3(C)CC3)C(CC)C=CCCCCCC(NC(=O)OC(C)(C)C)C(=O)N2C1. The quantitative estimate of drug-likeness (QED) is 0.183. The summed E-state index contributed by atoms with van der Waals surface area (Å²) in [6.45, 7) is 11.8. The van der Waals surface area contributed by atoms with Crippen LogP contribution in [0, 0.1) is 5.92 Å². The largest absolute Gasteiger partial charge is 0.493 e. The Morgan fingerprint density at radius 1 is 1.08 bits per heavy atom. The van der Waals surface area contributed by atoms with Gasteiger partial charge < -0.3 is 34.5 Å². The molecule has 1 aromatic heterocycles. The lowest BCUT2D eigenvalue weighted by atomic mass is 9.86. The number of sulfonamides is 1. The fourth-order valence-electron chi connectivity index (χ4n) is 8.56. The van der Waals surface area contributed by atoms with Crippen LogP contribution in [-0.2, 0) is 46.7 Å². The molecule has 61 heavy (non-hydrogen) atoms. The van der Waals surface area contributed by atoms with Crippen LogP contribution < -0.4 is 24.8 Å². The van der Waals surface area contributed by atoms with Gasteiger partial charge in [-0.2, -0.15) is 0 Å². The lowest BCUT2D eigenvalue weighted by Gasteiger charge is -2.37. The lowest BCUT2D eigenvalue weighted by molar-refractivity contribution is -0.141. The fourth-order valence-corrected chi connectivity index (χ4v) is 9.83. The van der Waals surface area contributed by atoms with Gasteiger partial charge in [0.1, 0.15) is 40.8 Å². The number of alkyl carbamates (subject to hydrolysis) is 1. The first kappa shape index (κ1) is 46.1. The van der Waals surface area contributed by atoms with Crippen molar-refractivity contribution in [2.24, 2.45) is 5.92 Å². The predicted molar refractivity (Wildman–Crippen MR) is 231 cm³/mol. The third-order valence-electron chi connectivity index (χ3n) is 12.4. The van der Waals surface area contributed by atoms with Gasteiger partial charge in [-0.1, -0.05) is 38.8 Å². The Morgan fingerprint density at radius 3 is 2.54 bits per heavy atom. The van der Waals surface area contributed by atoms with E-state index in [4.69, 9.17) is 23.9 Å². The molecule has 2 fully saturated rings. The number of pyridine rings is 1. The number of aromatic nitrogens is 1.